The highest BCUT2D eigenvalue weighted by molar-refractivity contribution is 7.92. The van der Waals surface area contributed by atoms with E-state index in [1.54, 1.807) is 49.6 Å². The third-order valence-corrected chi connectivity index (χ3v) is 8.74. The molecule has 3 aromatic carbocycles. The molecule has 0 aliphatic heterocycles. The van der Waals surface area contributed by atoms with Gasteiger partial charge in [-0.15, -0.1) is 0 Å². The van der Waals surface area contributed by atoms with Crippen molar-refractivity contribution in [2.75, 3.05) is 38.7 Å². The van der Waals surface area contributed by atoms with Crippen LogP contribution >= 0.6 is 0 Å². The van der Waals surface area contributed by atoms with Gasteiger partial charge in [-0.25, -0.2) is 8.42 Å². The largest absolute Gasteiger partial charge is 0.497 e. The quantitative estimate of drug-likeness (QED) is 0.268. The molecule has 2 amide bonds. The lowest BCUT2D eigenvalue weighted by Gasteiger charge is -2.33. The van der Waals surface area contributed by atoms with Gasteiger partial charge in [0.1, 0.15) is 18.3 Å². The summed E-state index contributed by atoms with van der Waals surface area (Å²) in [5, 5.41) is 2.88. The van der Waals surface area contributed by atoms with E-state index in [0.29, 0.717) is 30.2 Å². The average molecular weight is 612 g/mol. The molecule has 10 nitrogen and oxygen atoms in total. The molecule has 0 aromatic heterocycles. The molecule has 232 valence electrons. The Morgan fingerprint density at radius 3 is 2.19 bits per heavy atom. The molecular formula is C32H41N3O7S. The van der Waals surface area contributed by atoms with Gasteiger partial charge in [-0.2, -0.15) is 0 Å². The van der Waals surface area contributed by atoms with Crippen LogP contribution in [0.2, 0.25) is 0 Å². The smallest absolute Gasteiger partial charge is 0.264 e. The lowest BCUT2D eigenvalue weighted by atomic mass is 10.1. The van der Waals surface area contributed by atoms with Gasteiger partial charge in [-0.3, -0.25) is 13.9 Å². The lowest BCUT2D eigenvalue weighted by Crippen LogP contribution is -2.52. The van der Waals surface area contributed by atoms with Crippen LogP contribution in [0.25, 0.3) is 0 Å². The van der Waals surface area contributed by atoms with Crippen molar-refractivity contribution in [3.63, 3.8) is 0 Å². The number of amides is 2. The van der Waals surface area contributed by atoms with E-state index in [1.807, 2.05) is 26.8 Å². The third-order valence-electron chi connectivity index (χ3n) is 6.97. The van der Waals surface area contributed by atoms with Gasteiger partial charge in [0.25, 0.3) is 10.0 Å². The Bertz CT molecular complexity index is 1490. The zero-order valence-electron chi connectivity index (χ0n) is 25.6. The summed E-state index contributed by atoms with van der Waals surface area (Å²) in [5.74, 6) is 0.367. The molecule has 0 bridgehead atoms. The topological polar surface area (TPSA) is 114 Å². The fraction of sp³-hybridized carbons (Fsp3) is 0.375. The van der Waals surface area contributed by atoms with Gasteiger partial charge in [-0.05, 0) is 61.7 Å². The van der Waals surface area contributed by atoms with Gasteiger partial charge in [0.15, 0.2) is 11.5 Å². The van der Waals surface area contributed by atoms with Crippen molar-refractivity contribution in [2.24, 2.45) is 0 Å². The predicted molar refractivity (Wildman–Crippen MR) is 166 cm³/mol. The number of hydrogen-bond donors (Lipinski definition) is 1. The van der Waals surface area contributed by atoms with E-state index in [2.05, 4.69) is 5.32 Å². The summed E-state index contributed by atoms with van der Waals surface area (Å²) in [6.07, 6.45) is 1.06. The minimum atomic E-state index is -4.27. The number of sulfonamides is 1. The molecule has 3 rings (SSSR count). The normalized spacial score (nSPS) is 11.8. The number of methoxy groups -OCH3 is 3. The monoisotopic (exact) mass is 611 g/mol. The predicted octanol–water partition coefficient (Wildman–Crippen LogP) is 4.55. The Balaban J connectivity index is 2.09. The molecule has 0 radical (unpaired) electrons. The van der Waals surface area contributed by atoms with Crippen LogP contribution in [0.1, 0.15) is 37.8 Å². The van der Waals surface area contributed by atoms with E-state index in [9.17, 15) is 18.0 Å². The zero-order valence-corrected chi connectivity index (χ0v) is 26.4. The number of carbonyl (C=O) groups excluding carboxylic acids is 2. The summed E-state index contributed by atoms with van der Waals surface area (Å²) >= 11 is 0. The van der Waals surface area contributed by atoms with Crippen molar-refractivity contribution in [2.45, 2.75) is 51.1 Å². The zero-order chi connectivity index (χ0) is 31.6. The van der Waals surface area contributed by atoms with Crippen LogP contribution in [0.15, 0.2) is 71.6 Å². The van der Waals surface area contributed by atoms with E-state index in [0.717, 1.165) is 21.9 Å². The molecule has 1 atom stereocenters. The molecule has 1 N–H and O–H groups in total. The molecule has 0 unspecified atom stereocenters. The first kappa shape index (κ1) is 33.3. The summed E-state index contributed by atoms with van der Waals surface area (Å²) < 4.78 is 45.4. The summed E-state index contributed by atoms with van der Waals surface area (Å²) in [6, 6.07) is 17.5. The number of aryl methyl sites for hydroxylation is 1. The Morgan fingerprint density at radius 1 is 0.884 bits per heavy atom. The van der Waals surface area contributed by atoms with Crippen molar-refractivity contribution in [1.82, 2.24) is 10.2 Å². The van der Waals surface area contributed by atoms with Crippen molar-refractivity contribution >= 4 is 27.5 Å². The maximum Gasteiger partial charge on any atom is 0.264 e. The van der Waals surface area contributed by atoms with E-state index in [1.165, 1.54) is 37.3 Å². The first-order chi connectivity index (χ1) is 20.6. The number of nitrogens with one attached hydrogen (secondary N) is 1. The Morgan fingerprint density at radius 2 is 1.58 bits per heavy atom. The van der Waals surface area contributed by atoms with Crippen LogP contribution in [0, 0.1) is 6.92 Å². The number of ether oxygens (including phenoxy) is 3. The molecular weight excluding hydrogens is 570 g/mol. The van der Waals surface area contributed by atoms with Gasteiger partial charge in [-0.1, -0.05) is 43.7 Å². The molecule has 0 saturated heterocycles. The minimum absolute atomic E-state index is 0.0756. The number of anilines is 1. The van der Waals surface area contributed by atoms with Crippen molar-refractivity contribution < 1.29 is 32.2 Å². The molecule has 0 aliphatic carbocycles. The maximum absolute atomic E-state index is 14.2. The van der Waals surface area contributed by atoms with Crippen molar-refractivity contribution in [3.8, 4) is 17.2 Å². The van der Waals surface area contributed by atoms with Gasteiger partial charge >= 0.3 is 0 Å². The van der Waals surface area contributed by atoms with E-state index in [-0.39, 0.29) is 23.1 Å². The Kier molecular flexibility index (Phi) is 11.8. The van der Waals surface area contributed by atoms with Crippen LogP contribution < -0.4 is 23.8 Å². The molecule has 0 fully saturated rings. The Labute approximate surface area is 254 Å². The van der Waals surface area contributed by atoms with Crippen LogP contribution in [-0.4, -0.2) is 65.6 Å². The van der Waals surface area contributed by atoms with Gasteiger partial charge in [0, 0.05) is 19.2 Å². The molecule has 43 heavy (non-hydrogen) atoms. The second kappa shape index (κ2) is 15.3. The molecule has 0 heterocycles. The van der Waals surface area contributed by atoms with Crippen LogP contribution in [0.5, 0.6) is 17.2 Å². The third kappa shape index (κ3) is 8.19. The molecule has 0 spiro atoms. The molecule has 11 heteroatoms. The van der Waals surface area contributed by atoms with Gasteiger partial charge < -0.3 is 24.4 Å². The summed E-state index contributed by atoms with van der Waals surface area (Å²) in [6.45, 7) is 5.64. The average Bonchev–Trinajstić information content (AvgIpc) is 3.02. The van der Waals surface area contributed by atoms with E-state index in [4.69, 9.17) is 14.2 Å². The number of benzene rings is 3. The van der Waals surface area contributed by atoms with Crippen molar-refractivity contribution in [1.29, 1.82) is 0 Å². The number of hydrogen-bond acceptors (Lipinski definition) is 7. The lowest BCUT2D eigenvalue weighted by molar-refractivity contribution is -0.140. The number of rotatable bonds is 15. The second-order valence-electron chi connectivity index (χ2n) is 9.95. The minimum Gasteiger partial charge on any atom is -0.497 e. The SMILES string of the molecule is CCCNC(=O)[C@@H](CC)N(Cc1cccc(OC)c1)C(=O)CN(c1ccc(C)cc1)S(=O)(=O)c1ccc(OC)c(OC)c1. The van der Waals surface area contributed by atoms with E-state index < -0.39 is 28.5 Å². The summed E-state index contributed by atoms with van der Waals surface area (Å²) in [4.78, 5) is 28.8. The second-order valence-corrected chi connectivity index (χ2v) is 11.8. The summed E-state index contributed by atoms with van der Waals surface area (Å²) in [5.41, 5.74) is 1.97. The maximum atomic E-state index is 14.2. The standard InChI is InChI=1S/C32H41N3O7S/c1-7-18-33-32(37)28(8-2)34(21-24-10-9-11-26(19-24)40-4)31(36)22-35(25-14-12-23(3)13-15-25)43(38,39)27-16-17-29(41-5)30(20-27)42-6/h9-17,19-20,28H,7-8,18,21-22H2,1-6H3,(H,33,37)/t28-/m1/s1. The van der Waals surface area contributed by atoms with Crippen LogP contribution in [0.4, 0.5) is 5.69 Å². The molecule has 0 saturated carbocycles. The fourth-order valence-corrected chi connectivity index (χ4v) is 6.03. The van der Waals surface area contributed by atoms with Gasteiger partial charge in [0.05, 0.1) is 31.9 Å². The molecule has 0 aliphatic rings. The van der Waals surface area contributed by atoms with Gasteiger partial charge in [0.2, 0.25) is 11.8 Å². The first-order valence-electron chi connectivity index (χ1n) is 14.1. The highest BCUT2D eigenvalue weighted by Gasteiger charge is 2.34. The summed E-state index contributed by atoms with van der Waals surface area (Å²) in [7, 11) is 0.152. The van der Waals surface area contributed by atoms with Crippen LogP contribution in [-0.2, 0) is 26.2 Å². The highest BCUT2D eigenvalue weighted by Crippen LogP contribution is 2.32. The number of nitrogens with zero attached hydrogens (tertiary/aromatic N) is 2. The fourth-order valence-electron chi connectivity index (χ4n) is 4.60. The van der Waals surface area contributed by atoms with Crippen LogP contribution in [0.3, 0.4) is 0 Å². The number of carbonyl (C=O) groups is 2. The van der Waals surface area contributed by atoms with E-state index >= 15 is 0 Å². The molecule has 3 aromatic rings. The first-order valence-corrected chi connectivity index (χ1v) is 15.5. The van der Waals surface area contributed by atoms with Crippen molar-refractivity contribution in [3.05, 3.63) is 77.9 Å². The highest BCUT2D eigenvalue weighted by atomic mass is 32.2. The Hall–Kier alpha value is -4.25.